The highest BCUT2D eigenvalue weighted by atomic mass is 16.3. The maximum absolute atomic E-state index is 9.34. The SMILES string of the molecule is Cc1ccc(Nc2ncnc3c2cc(CO)n3C)cc1. The van der Waals surface area contributed by atoms with Crippen LogP contribution in [0.15, 0.2) is 36.7 Å². The molecule has 0 bridgehead atoms. The molecule has 0 radical (unpaired) electrons. The van der Waals surface area contributed by atoms with Gasteiger partial charge in [-0.15, -0.1) is 0 Å². The van der Waals surface area contributed by atoms with E-state index in [1.165, 1.54) is 11.9 Å². The number of aliphatic hydroxyl groups excluding tert-OH is 1. The van der Waals surface area contributed by atoms with Crippen molar-refractivity contribution in [3.63, 3.8) is 0 Å². The van der Waals surface area contributed by atoms with Crippen LogP contribution in [0.5, 0.6) is 0 Å². The van der Waals surface area contributed by atoms with Gasteiger partial charge in [-0.2, -0.15) is 0 Å². The van der Waals surface area contributed by atoms with E-state index in [-0.39, 0.29) is 6.61 Å². The molecule has 0 aliphatic heterocycles. The van der Waals surface area contributed by atoms with E-state index in [0.717, 1.165) is 28.2 Å². The van der Waals surface area contributed by atoms with E-state index in [4.69, 9.17) is 0 Å². The molecule has 0 saturated heterocycles. The molecule has 0 spiro atoms. The molecule has 3 aromatic rings. The Morgan fingerprint density at radius 1 is 1.20 bits per heavy atom. The predicted octanol–water partition coefficient (Wildman–Crippen LogP) is 2.51. The van der Waals surface area contributed by atoms with Crippen molar-refractivity contribution in [2.45, 2.75) is 13.5 Å². The summed E-state index contributed by atoms with van der Waals surface area (Å²) in [4.78, 5) is 8.56. The van der Waals surface area contributed by atoms with Crippen LogP contribution in [0, 0.1) is 6.92 Å². The van der Waals surface area contributed by atoms with Crippen molar-refractivity contribution < 1.29 is 5.11 Å². The van der Waals surface area contributed by atoms with Gasteiger partial charge < -0.3 is 15.0 Å². The zero-order chi connectivity index (χ0) is 14.1. The number of aromatic nitrogens is 3. The normalized spacial score (nSPS) is 10.9. The van der Waals surface area contributed by atoms with Crippen LogP contribution in [0.3, 0.4) is 0 Å². The minimum Gasteiger partial charge on any atom is -0.390 e. The predicted molar refractivity (Wildman–Crippen MR) is 78.9 cm³/mol. The Morgan fingerprint density at radius 2 is 1.95 bits per heavy atom. The van der Waals surface area contributed by atoms with E-state index in [2.05, 4.69) is 22.2 Å². The number of nitrogens with one attached hydrogen (secondary N) is 1. The summed E-state index contributed by atoms with van der Waals surface area (Å²) < 4.78 is 1.87. The van der Waals surface area contributed by atoms with Gasteiger partial charge in [0.1, 0.15) is 17.8 Å². The van der Waals surface area contributed by atoms with Gasteiger partial charge in [0, 0.05) is 18.4 Å². The number of hydrogen-bond donors (Lipinski definition) is 2. The first-order chi connectivity index (χ1) is 9.69. The van der Waals surface area contributed by atoms with E-state index in [1.54, 1.807) is 0 Å². The number of fused-ring (bicyclic) bond motifs is 1. The van der Waals surface area contributed by atoms with Crippen molar-refractivity contribution in [1.82, 2.24) is 14.5 Å². The third kappa shape index (κ3) is 2.12. The summed E-state index contributed by atoms with van der Waals surface area (Å²) >= 11 is 0. The maximum atomic E-state index is 9.34. The van der Waals surface area contributed by atoms with E-state index < -0.39 is 0 Å². The molecular formula is C15H16N4O. The highest BCUT2D eigenvalue weighted by molar-refractivity contribution is 5.90. The summed E-state index contributed by atoms with van der Waals surface area (Å²) in [6.45, 7) is 2.04. The first-order valence-electron chi connectivity index (χ1n) is 6.43. The van der Waals surface area contributed by atoms with Crippen LogP contribution in [-0.2, 0) is 13.7 Å². The van der Waals surface area contributed by atoms with Crippen molar-refractivity contribution in [3.05, 3.63) is 47.9 Å². The lowest BCUT2D eigenvalue weighted by Crippen LogP contribution is -1.98. The zero-order valence-electron chi connectivity index (χ0n) is 11.5. The van der Waals surface area contributed by atoms with Crippen LogP contribution in [0.4, 0.5) is 11.5 Å². The Kier molecular flexibility index (Phi) is 3.12. The number of benzene rings is 1. The van der Waals surface area contributed by atoms with E-state index >= 15 is 0 Å². The number of aliphatic hydroxyl groups is 1. The topological polar surface area (TPSA) is 63.0 Å². The van der Waals surface area contributed by atoms with Gasteiger partial charge in [0.15, 0.2) is 0 Å². The molecule has 0 fully saturated rings. The van der Waals surface area contributed by atoms with Gasteiger partial charge in [-0.05, 0) is 25.1 Å². The summed E-state index contributed by atoms with van der Waals surface area (Å²) in [5.41, 5.74) is 3.81. The lowest BCUT2D eigenvalue weighted by atomic mass is 10.2. The second-order valence-corrected chi connectivity index (χ2v) is 4.80. The largest absolute Gasteiger partial charge is 0.390 e. The number of nitrogens with zero attached hydrogens (tertiary/aromatic N) is 3. The van der Waals surface area contributed by atoms with Crippen LogP contribution in [0.25, 0.3) is 11.0 Å². The lowest BCUT2D eigenvalue weighted by molar-refractivity contribution is 0.273. The Hall–Kier alpha value is -2.40. The zero-order valence-corrected chi connectivity index (χ0v) is 11.5. The molecule has 3 rings (SSSR count). The highest BCUT2D eigenvalue weighted by Crippen LogP contribution is 2.25. The molecule has 1 aromatic carbocycles. The number of rotatable bonds is 3. The van der Waals surface area contributed by atoms with Crippen molar-refractivity contribution >= 4 is 22.5 Å². The molecule has 2 aromatic heterocycles. The minimum atomic E-state index is -0.0170. The Bertz CT molecular complexity index is 746. The average Bonchev–Trinajstić information content (AvgIpc) is 2.79. The quantitative estimate of drug-likeness (QED) is 0.766. The molecule has 2 heterocycles. The molecule has 2 N–H and O–H groups in total. The molecule has 5 heteroatoms. The van der Waals surface area contributed by atoms with Crippen LogP contribution in [0.1, 0.15) is 11.3 Å². The first-order valence-corrected chi connectivity index (χ1v) is 6.43. The molecule has 20 heavy (non-hydrogen) atoms. The van der Waals surface area contributed by atoms with Crippen LogP contribution >= 0.6 is 0 Å². The van der Waals surface area contributed by atoms with Gasteiger partial charge in [-0.1, -0.05) is 17.7 Å². The summed E-state index contributed by atoms with van der Waals surface area (Å²) in [6, 6.07) is 10.0. The third-order valence-electron chi connectivity index (χ3n) is 3.40. The molecular weight excluding hydrogens is 252 g/mol. The van der Waals surface area contributed by atoms with Gasteiger partial charge in [0.2, 0.25) is 0 Å². The summed E-state index contributed by atoms with van der Waals surface area (Å²) in [5.74, 6) is 0.745. The van der Waals surface area contributed by atoms with Crippen molar-refractivity contribution in [2.75, 3.05) is 5.32 Å². The number of hydrogen-bond acceptors (Lipinski definition) is 4. The second-order valence-electron chi connectivity index (χ2n) is 4.80. The Balaban J connectivity index is 2.05. The molecule has 0 aliphatic carbocycles. The van der Waals surface area contributed by atoms with Crippen molar-refractivity contribution in [1.29, 1.82) is 0 Å². The molecule has 0 unspecified atom stereocenters. The molecule has 0 atom stereocenters. The minimum absolute atomic E-state index is 0.0170. The fraction of sp³-hybridized carbons (Fsp3) is 0.200. The molecule has 5 nitrogen and oxygen atoms in total. The smallest absolute Gasteiger partial charge is 0.145 e. The highest BCUT2D eigenvalue weighted by Gasteiger charge is 2.11. The average molecular weight is 268 g/mol. The van der Waals surface area contributed by atoms with Gasteiger partial charge in [-0.3, -0.25) is 0 Å². The number of aryl methyl sites for hydroxylation is 2. The van der Waals surface area contributed by atoms with Gasteiger partial charge in [-0.25, -0.2) is 9.97 Å². The molecule has 0 saturated carbocycles. The number of anilines is 2. The summed E-state index contributed by atoms with van der Waals surface area (Å²) in [5, 5.41) is 13.5. The monoisotopic (exact) mass is 268 g/mol. The molecule has 102 valence electrons. The Morgan fingerprint density at radius 3 is 2.65 bits per heavy atom. The van der Waals surface area contributed by atoms with Crippen LogP contribution in [-0.4, -0.2) is 19.6 Å². The van der Waals surface area contributed by atoms with Crippen molar-refractivity contribution in [2.24, 2.45) is 7.05 Å². The fourth-order valence-corrected chi connectivity index (χ4v) is 2.21. The van der Waals surface area contributed by atoms with Gasteiger partial charge in [0.25, 0.3) is 0 Å². The van der Waals surface area contributed by atoms with E-state index in [0.29, 0.717) is 0 Å². The van der Waals surface area contributed by atoms with Crippen LogP contribution < -0.4 is 5.32 Å². The van der Waals surface area contributed by atoms with E-state index in [1.807, 2.05) is 41.9 Å². The lowest BCUT2D eigenvalue weighted by Gasteiger charge is -2.07. The first kappa shape index (κ1) is 12.6. The fourth-order valence-electron chi connectivity index (χ4n) is 2.21. The standard InChI is InChI=1S/C15H16N4O/c1-10-3-5-11(6-4-10)18-14-13-7-12(8-20)19(2)15(13)17-9-16-14/h3-7,9,20H,8H2,1-2H3,(H,16,17,18). The van der Waals surface area contributed by atoms with Crippen LogP contribution in [0.2, 0.25) is 0 Å². The third-order valence-corrected chi connectivity index (χ3v) is 3.40. The molecule has 0 aliphatic rings. The molecule has 0 amide bonds. The van der Waals surface area contributed by atoms with E-state index in [9.17, 15) is 5.11 Å². The Labute approximate surface area is 116 Å². The van der Waals surface area contributed by atoms with Gasteiger partial charge in [0.05, 0.1) is 12.0 Å². The van der Waals surface area contributed by atoms with Gasteiger partial charge >= 0.3 is 0 Å². The van der Waals surface area contributed by atoms with Crippen molar-refractivity contribution in [3.8, 4) is 0 Å². The summed E-state index contributed by atoms with van der Waals surface area (Å²) in [6.07, 6.45) is 1.53. The second kappa shape index (κ2) is 4.94. The maximum Gasteiger partial charge on any atom is 0.145 e. The summed E-state index contributed by atoms with van der Waals surface area (Å²) in [7, 11) is 1.89.